The third-order valence-corrected chi connectivity index (χ3v) is 4.44. The molecule has 1 amide bonds. The van der Waals surface area contributed by atoms with E-state index in [1.54, 1.807) is 7.11 Å². The Bertz CT molecular complexity index is 997. The molecule has 0 radical (unpaired) electrons. The summed E-state index contributed by atoms with van der Waals surface area (Å²) in [5.41, 5.74) is 4.68. The van der Waals surface area contributed by atoms with E-state index in [1.165, 1.54) is 5.56 Å². The highest BCUT2D eigenvalue weighted by atomic mass is 35.5. The van der Waals surface area contributed by atoms with Crippen molar-refractivity contribution in [1.29, 1.82) is 0 Å². The van der Waals surface area contributed by atoms with E-state index in [-0.39, 0.29) is 18.3 Å². The number of rotatable bonds is 4. The van der Waals surface area contributed by atoms with Gasteiger partial charge in [-0.25, -0.2) is 4.57 Å². The average molecular weight is 379 g/mol. The van der Waals surface area contributed by atoms with Gasteiger partial charge in [0.2, 0.25) is 0 Å². The molecule has 0 atom stereocenters. The van der Waals surface area contributed by atoms with Crippen LogP contribution in [0.4, 0.5) is 5.69 Å². The molecule has 136 valence electrons. The summed E-state index contributed by atoms with van der Waals surface area (Å²) >= 11 is 0. The number of ether oxygens (including phenoxy) is 1. The summed E-state index contributed by atoms with van der Waals surface area (Å²) in [6.07, 6.45) is 5.96. The Morgan fingerprint density at radius 3 is 2.59 bits per heavy atom. The van der Waals surface area contributed by atoms with Crippen molar-refractivity contribution in [2.75, 3.05) is 12.4 Å². The number of nitrogens with zero attached hydrogens (tertiary/aromatic N) is 1. The maximum absolute atomic E-state index is 12.2. The van der Waals surface area contributed by atoms with E-state index in [2.05, 4.69) is 16.0 Å². The minimum absolute atomic E-state index is 0. The number of nitrogens with one attached hydrogen (secondary N) is 1. The number of benzene rings is 2. The lowest BCUT2D eigenvalue weighted by atomic mass is 10.0. The van der Waals surface area contributed by atoms with Crippen molar-refractivity contribution in [3.05, 3.63) is 89.7 Å². The fraction of sp³-hybridized carbons (Fsp3) is 0.0909. The number of anilines is 1. The van der Waals surface area contributed by atoms with E-state index in [9.17, 15) is 4.79 Å². The first-order valence-electron chi connectivity index (χ1n) is 8.47. The second-order valence-corrected chi connectivity index (χ2v) is 6.21. The molecule has 3 aromatic rings. The van der Waals surface area contributed by atoms with E-state index in [0.29, 0.717) is 5.57 Å². The first kappa shape index (κ1) is 18.7. The van der Waals surface area contributed by atoms with Crippen LogP contribution in [0.5, 0.6) is 5.75 Å². The number of fused-ring (bicyclic) bond motifs is 1. The van der Waals surface area contributed by atoms with Crippen LogP contribution >= 0.6 is 0 Å². The topological polar surface area (TPSA) is 42.2 Å². The number of hydrogen-bond donors (Lipinski definition) is 1. The second kappa shape index (κ2) is 8.06. The summed E-state index contributed by atoms with van der Waals surface area (Å²) in [6.45, 7) is 0.761. The van der Waals surface area contributed by atoms with Crippen LogP contribution in [-0.2, 0) is 11.3 Å². The molecule has 0 unspecified atom stereocenters. The first-order chi connectivity index (χ1) is 12.7. The van der Waals surface area contributed by atoms with E-state index >= 15 is 0 Å². The number of hydrogen-bond acceptors (Lipinski definition) is 2. The molecule has 1 aromatic heterocycles. The Hall–Kier alpha value is -3.11. The minimum Gasteiger partial charge on any atom is -1.00 e. The zero-order chi connectivity index (χ0) is 17.9. The van der Waals surface area contributed by atoms with Gasteiger partial charge >= 0.3 is 0 Å². The highest BCUT2D eigenvalue weighted by Crippen LogP contribution is 2.32. The molecule has 5 heteroatoms. The molecule has 2 heterocycles. The Morgan fingerprint density at radius 1 is 1.04 bits per heavy atom. The summed E-state index contributed by atoms with van der Waals surface area (Å²) in [5, 5.41) is 2.90. The largest absolute Gasteiger partial charge is 1.00 e. The molecule has 0 aliphatic carbocycles. The van der Waals surface area contributed by atoms with Gasteiger partial charge in [-0.05, 0) is 29.8 Å². The van der Waals surface area contributed by atoms with Crippen LogP contribution in [0, 0.1) is 0 Å². The van der Waals surface area contributed by atoms with Crippen LogP contribution in [0.3, 0.4) is 0 Å². The number of carbonyl (C=O) groups is 1. The molecular formula is C22H19ClN2O2. The van der Waals surface area contributed by atoms with E-state index in [4.69, 9.17) is 4.74 Å². The van der Waals surface area contributed by atoms with E-state index in [1.807, 2.05) is 73.1 Å². The molecule has 0 fully saturated rings. The molecular weight excluding hydrogens is 360 g/mol. The molecule has 4 rings (SSSR count). The second-order valence-electron chi connectivity index (χ2n) is 6.21. The molecule has 4 nitrogen and oxygen atoms in total. The van der Waals surface area contributed by atoms with Crippen molar-refractivity contribution in [1.82, 2.24) is 0 Å². The van der Waals surface area contributed by atoms with Crippen molar-refractivity contribution >= 4 is 23.2 Å². The predicted molar refractivity (Wildman–Crippen MR) is 102 cm³/mol. The van der Waals surface area contributed by atoms with Gasteiger partial charge in [-0.2, -0.15) is 0 Å². The minimum atomic E-state index is -0.0562. The molecule has 0 saturated heterocycles. The molecule has 0 bridgehead atoms. The summed E-state index contributed by atoms with van der Waals surface area (Å²) in [4.78, 5) is 12.2. The van der Waals surface area contributed by atoms with Gasteiger partial charge in [0.1, 0.15) is 5.75 Å². The molecule has 1 N–H and O–H groups in total. The predicted octanol–water partition coefficient (Wildman–Crippen LogP) is 0.528. The number of halogens is 1. The number of carbonyl (C=O) groups excluding carboxylic acids is 1. The number of pyridine rings is 1. The van der Waals surface area contributed by atoms with E-state index in [0.717, 1.165) is 29.1 Å². The van der Waals surface area contributed by atoms with Crippen LogP contribution in [-0.4, -0.2) is 13.0 Å². The van der Waals surface area contributed by atoms with Crippen LogP contribution in [0.1, 0.15) is 16.7 Å². The maximum atomic E-state index is 12.2. The Labute approximate surface area is 164 Å². The van der Waals surface area contributed by atoms with Crippen LogP contribution in [0.25, 0.3) is 11.6 Å². The van der Waals surface area contributed by atoms with E-state index < -0.39 is 0 Å². The summed E-state index contributed by atoms with van der Waals surface area (Å²) in [6, 6.07) is 19.8. The highest BCUT2D eigenvalue weighted by Gasteiger charge is 2.23. The van der Waals surface area contributed by atoms with Crippen LogP contribution in [0.2, 0.25) is 0 Å². The number of aromatic nitrogens is 1. The number of amides is 1. The molecule has 1 aliphatic rings. The third kappa shape index (κ3) is 4.01. The summed E-state index contributed by atoms with van der Waals surface area (Å²) in [7, 11) is 1.67. The van der Waals surface area contributed by atoms with Gasteiger partial charge in [-0.15, -0.1) is 0 Å². The van der Waals surface area contributed by atoms with Gasteiger partial charge in [0.25, 0.3) is 5.91 Å². The van der Waals surface area contributed by atoms with Crippen LogP contribution < -0.4 is 27.0 Å². The quantitative estimate of drug-likeness (QED) is 0.531. The standard InChI is InChI=1S/C22H18N2O2.ClH/c1-26-18-6-4-5-17(13-18)15-24-11-9-16(10-12-24)14-20-19-7-2-3-8-21(19)23-22(20)25;/h2-14H,15H2,1H3;1H. The van der Waals surface area contributed by atoms with Crippen molar-refractivity contribution in [3.63, 3.8) is 0 Å². The highest BCUT2D eigenvalue weighted by molar-refractivity contribution is 6.34. The lowest BCUT2D eigenvalue weighted by Gasteiger charge is -2.02. The van der Waals surface area contributed by atoms with Crippen LogP contribution in [0.15, 0.2) is 73.1 Å². The molecule has 0 spiro atoms. The average Bonchev–Trinajstić information content (AvgIpc) is 2.99. The van der Waals surface area contributed by atoms with Crippen molar-refractivity contribution in [2.24, 2.45) is 0 Å². The maximum Gasteiger partial charge on any atom is 0.256 e. The Morgan fingerprint density at radius 2 is 1.81 bits per heavy atom. The molecule has 1 aliphatic heterocycles. The Balaban J connectivity index is 0.00000210. The van der Waals surface area contributed by atoms with Gasteiger partial charge < -0.3 is 22.5 Å². The Kier molecular flexibility index (Phi) is 5.57. The fourth-order valence-electron chi connectivity index (χ4n) is 3.10. The SMILES string of the molecule is COc1cccc(C[n+]2ccc(/C=C3/C(=O)Nc4ccccc43)cc2)c1.[Cl-]. The molecule has 2 aromatic carbocycles. The smallest absolute Gasteiger partial charge is 0.256 e. The molecule has 0 saturated carbocycles. The molecule has 27 heavy (non-hydrogen) atoms. The van der Waals surface area contributed by atoms with Crippen molar-refractivity contribution < 1.29 is 26.5 Å². The zero-order valence-electron chi connectivity index (χ0n) is 14.9. The van der Waals surface area contributed by atoms with Gasteiger partial charge in [-0.3, -0.25) is 4.79 Å². The van der Waals surface area contributed by atoms with Crippen molar-refractivity contribution in [2.45, 2.75) is 6.54 Å². The normalized spacial score (nSPS) is 13.7. The van der Waals surface area contributed by atoms with Gasteiger partial charge in [0, 0.05) is 34.5 Å². The van der Waals surface area contributed by atoms with Gasteiger partial charge in [0.05, 0.1) is 7.11 Å². The zero-order valence-corrected chi connectivity index (χ0v) is 15.6. The third-order valence-electron chi connectivity index (χ3n) is 4.44. The number of para-hydroxylation sites is 1. The summed E-state index contributed by atoms with van der Waals surface area (Å²) in [5.74, 6) is 0.801. The first-order valence-corrected chi connectivity index (χ1v) is 8.47. The monoisotopic (exact) mass is 378 g/mol. The lowest BCUT2D eigenvalue weighted by molar-refractivity contribution is -0.688. The summed E-state index contributed by atoms with van der Waals surface area (Å²) < 4.78 is 7.37. The van der Waals surface area contributed by atoms with Crippen molar-refractivity contribution in [3.8, 4) is 5.75 Å². The number of methoxy groups -OCH3 is 1. The lowest BCUT2D eigenvalue weighted by Crippen LogP contribution is -3.00. The van der Waals surface area contributed by atoms with Gasteiger partial charge in [-0.1, -0.05) is 30.3 Å². The van der Waals surface area contributed by atoms with Gasteiger partial charge in [0.15, 0.2) is 18.9 Å². The fourth-order valence-corrected chi connectivity index (χ4v) is 3.10.